The molecule has 0 bridgehead atoms. The summed E-state index contributed by atoms with van der Waals surface area (Å²) >= 11 is 0. The molecule has 2 aliphatic rings. The second-order valence-corrected chi connectivity index (χ2v) is 8.47. The van der Waals surface area contributed by atoms with E-state index in [2.05, 4.69) is 12.2 Å². The van der Waals surface area contributed by atoms with Gasteiger partial charge in [-0.2, -0.15) is 0 Å². The van der Waals surface area contributed by atoms with E-state index in [1.54, 1.807) is 19.2 Å². The molecule has 2 amide bonds. The highest BCUT2D eigenvalue weighted by Crippen LogP contribution is 2.28. The third kappa shape index (κ3) is 4.07. The van der Waals surface area contributed by atoms with Crippen LogP contribution in [0.15, 0.2) is 30.3 Å². The number of hydrogen-bond donors (Lipinski definition) is 1. The quantitative estimate of drug-likeness (QED) is 0.858. The molecule has 1 aromatic carbocycles. The lowest BCUT2D eigenvalue weighted by molar-refractivity contribution is 0.0913. The molecule has 1 aliphatic heterocycles. The first kappa shape index (κ1) is 19.7. The van der Waals surface area contributed by atoms with E-state index in [1.165, 1.54) is 4.90 Å². The first-order valence-corrected chi connectivity index (χ1v) is 10.8. The third-order valence-corrected chi connectivity index (χ3v) is 6.27. The van der Waals surface area contributed by atoms with Gasteiger partial charge in [0.15, 0.2) is 11.5 Å². The number of imidazole rings is 1. The van der Waals surface area contributed by atoms with Gasteiger partial charge in [-0.1, -0.05) is 25.1 Å². The van der Waals surface area contributed by atoms with E-state index in [0.29, 0.717) is 17.1 Å². The van der Waals surface area contributed by atoms with Gasteiger partial charge in [-0.25, -0.2) is 4.98 Å². The van der Waals surface area contributed by atoms with Gasteiger partial charge in [-0.15, -0.1) is 0 Å². The zero-order chi connectivity index (χ0) is 20.4. The zero-order valence-corrected chi connectivity index (χ0v) is 17.4. The monoisotopic (exact) mass is 394 g/mol. The van der Waals surface area contributed by atoms with E-state index in [4.69, 9.17) is 4.98 Å². The minimum Gasteiger partial charge on any atom is -0.348 e. The highest BCUT2D eigenvalue weighted by atomic mass is 16.2. The summed E-state index contributed by atoms with van der Waals surface area (Å²) in [6.45, 7) is 3.05. The second kappa shape index (κ2) is 8.39. The van der Waals surface area contributed by atoms with Crippen LogP contribution in [-0.4, -0.2) is 34.5 Å². The maximum Gasteiger partial charge on any atom is 0.272 e. The van der Waals surface area contributed by atoms with Gasteiger partial charge in [0, 0.05) is 31.6 Å². The number of nitrogens with zero attached hydrogens (tertiary/aromatic N) is 3. The fourth-order valence-electron chi connectivity index (χ4n) is 4.46. The van der Waals surface area contributed by atoms with E-state index in [-0.39, 0.29) is 17.9 Å². The van der Waals surface area contributed by atoms with Crippen LogP contribution in [0.3, 0.4) is 0 Å². The first-order valence-electron chi connectivity index (χ1n) is 10.8. The summed E-state index contributed by atoms with van der Waals surface area (Å²) in [5.41, 5.74) is 1.12. The van der Waals surface area contributed by atoms with Crippen LogP contribution in [0.4, 0.5) is 5.82 Å². The number of carbonyl (C=O) groups excluding carboxylic acids is 2. The van der Waals surface area contributed by atoms with E-state index in [0.717, 1.165) is 63.2 Å². The fourth-order valence-corrected chi connectivity index (χ4v) is 4.46. The standard InChI is InChI=1S/C23H30N4O2/c1-16-11-13-18(14-12-16)24-22(28)20-21(25-19-10-6-7-15-27(19)20)26(2)23(29)17-8-4-3-5-9-17/h3-5,8-9,16,18H,6-7,10-15H2,1-2H3,(H,24,28). The number of nitrogens with one attached hydrogen (secondary N) is 1. The molecule has 1 aliphatic carbocycles. The van der Waals surface area contributed by atoms with Crippen LogP contribution in [-0.2, 0) is 13.0 Å². The Morgan fingerprint density at radius 3 is 2.55 bits per heavy atom. The average Bonchev–Trinajstić information content (AvgIpc) is 3.14. The van der Waals surface area contributed by atoms with Crippen LogP contribution in [0.5, 0.6) is 0 Å². The molecule has 1 fully saturated rings. The molecule has 154 valence electrons. The van der Waals surface area contributed by atoms with Crippen molar-refractivity contribution in [2.24, 2.45) is 5.92 Å². The van der Waals surface area contributed by atoms with Gasteiger partial charge in [0.2, 0.25) is 0 Å². The SMILES string of the molecule is CC1CCC(NC(=O)c2c(N(C)C(=O)c3ccccc3)nc3n2CCCC3)CC1. The molecule has 0 unspecified atom stereocenters. The van der Waals surface area contributed by atoms with Crippen molar-refractivity contribution in [3.05, 3.63) is 47.4 Å². The number of aromatic nitrogens is 2. The van der Waals surface area contributed by atoms with Crippen LogP contribution in [0.2, 0.25) is 0 Å². The van der Waals surface area contributed by atoms with Crippen molar-refractivity contribution in [2.45, 2.75) is 64.5 Å². The first-order chi connectivity index (χ1) is 14.0. The summed E-state index contributed by atoms with van der Waals surface area (Å²) in [6.07, 6.45) is 7.26. The molecule has 1 saturated carbocycles. The highest BCUT2D eigenvalue weighted by Gasteiger charge is 2.31. The number of carbonyl (C=O) groups is 2. The maximum atomic E-state index is 13.3. The Morgan fingerprint density at radius 1 is 1.10 bits per heavy atom. The van der Waals surface area contributed by atoms with Crippen molar-refractivity contribution in [1.82, 2.24) is 14.9 Å². The minimum atomic E-state index is -0.151. The van der Waals surface area contributed by atoms with Crippen molar-refractivity contribution in [3.63, 3.8) is 0 Å². The number of anilines is 1. The molecular weight excluding hydrogens is 364 g/mol. The maximum absolute atomic E-state index is 13.3. The summed E-state index contributed by atoms with van der Waals surface area (Å²) in [6, 6.07) is 9.36. The van der Waals surface area contributed by atoms with Crippen LogP contribution in [0.25, 0.3) is 0 Å². The van der Waals surface area contributed by atoms with Gasteiger partial charge in [-0.3, -0.25) is 14.5 Å². The molecule has 6 nitrogen and oxygen atoms in total. The summed E-state index contributed by atoms with van der Waals surface area (Å²) in [7, 11) is 1.71. The van der Waals surface area contributed by atoms with Gasteiger partial charge in [0.05, 0.1) is 0 Å². The predicted octanol–water partition coefficient (Wildman–Crippen LogP) is 3.80. The predicted molar refractivity (Wildman–Crippen MR) is 113 cm³/mol. The average molecular weight is 395 g/mol. The van der Waals surface area contributed by atoms with E-state index in [9.17, 15) is 9.59 Å². The lowest BCUT2D eigenvalue weighted by Gasteiger charge is -2.27. The molecule has 0 saturated heterocycles. The van der Waals surface area contributed by atoms with Gasteiger partial charge in [0.1, 0.15) is 5.82 Å². The zero-order valence-electron chi connectivity index (χ0n) is 17.4. The Morgan fingerprint density at radius 2 is 1.83 bits per heavy atom. The topological polar surface area (TPSA) is 67.2 Å². The fraction of sp³-hybridized carbons (Fsp3) is 0.522. The van der Waals surface area contributed by atoms with Gasteiger partial charge in [-0.05, 0) is 56.6 Å². The summed E-state index contributed by atoms with van der Waals surface area (Å²) in [4.78, 5) is 32.6. The molecule has 0 atom stereocenters. The number of benzene rings is 1. The van der Waals surface area contributed by atoms with Crippen LogP contribution < -0.4 is 10.2 Å². The van der Waals surface area contributed by atoms with Crippen molar-refractivity contribution in [3.8, 4) is 0 Å². The molecule has 2 aromatic rings. The Bertz CT molecular complexity index is 882. The molecule has 2 heterocycles. The summed E-state index contributed by atoms with van der Waals surface area (Å²) in [5, 5.41) is 3.23. The molecular formula is C23H30N4O2. The minimum absolute atomic E-state index is 0.104. The van der Waals surface area contributed by atoms with Crippen LogP contribution in [0.1, 0.15) is 72.1 Å². The number of fused-ring (bicyclic) bond motifs is 1. The van der Waals surface area contributed by atoms with E-state index < -0.39 is 0 Å². The molecule has 4 rings (SSSR count). The van der Waals surface area contributed by atoms with E-state index >= 15 is 0 Å². The highest BCUT2D eigenvalue weighted by molar-refractivity contribution is 6.09. The van der Waals surface area contributed by atoms with Gasteiger partial charge in [0.25, 0.3) is 11.8 Å². The lowest BCUT2D eigenvalue weighted by Crippen LogP contribution is -2.39. The smallest absolute Gasteiger partial charge is 0.272 e. The molecule has 1 N–H and O–H groups in total. The van der Waals surface area contributed by atoms with Crippen molar-refractivity contribution < 1.29 is 9.59 Å². The number of amides is 2. The lowest BCUT2D eigenvalue weighted by atomic mass is 9.87. The van der Waals surface area contributed by atoms with Crippen molar-refractivity contribution in [2.75, 3.05) is 11.9 Å². The van der Waals surface area contributed by atoms with Crippen LogP contribution in [0, 0.1) is 5.92 Å². The molecule has 6 heteroatoms. The normalized spacial score (nSPS) is 21.3. The van der Waals surface area contributed by atoms with Crippen molar-refractivity contribution in [1.29, 1.82) is 0 Å². The third-order valence-electron chi connectivity index (χ3n) is 6.27. The van der Waals surface area contributed by atoms with Crippen molar-refractivity contribution >= 4 is 17.6 Å². The largest absolute Gasteiger partial charge is 0.348 e. The molecule has 29 heavy (non-hydrogen) atoms. The van der Waals surface area contributed by atoms with Gasteiger partial charge >= 0.3 is 0 Å². The Kier molecular flexibility index (Phi) is 5.69. The number of hydrogen-bond acceptors (Lipinski definition) is 3. The summed E-state index contributed by atoms with van der Waals surface area (Å²) in [5.74, 6) is 1.85. The molecule has 1 aromatic heterocycles. The Balaban J connectivity index is 1.63. The van der Waals surface area contributed by atoms with Crippen LogP contribution >= 0.6 is 0 Å². The summed E-state index contributed by atoms with van der Waals surface area (Å²) < 4.78 is 2.02. The van der Waals surface area contributed by atoms with E-state index in [1.807, 2.05) is 22.8 Å². The Labute approximate surface area is 172 Å². The molecule has 0 spiro atoms. The number of aryl methyl sites for hydroxylation is 1. The number of rotatable bonds is 4. The van der Waals surface area contributed by atoms with Gasteiger partial charge < -0.3 is 9.88 Å². The second-order valence-electron chi connectivity index (χ2n) is 8.47. The molecule has 0 radical (unpaired) electrons. The Hall–Kier alpha value is -2.63.